The van der Waals surface area contributed by atoms with Gasteiger partial charge in [0.25, 0.3) is 5.91 Å². The Kier molecular flexibility index (Phi) is 6.41. The first-order chi connectivity index (χ1) is 9.36. The number of aliphatic carboxylic acids is 1. The van der Waals surface area contributed by atoms with Gasteiger partial charge in [0.1, 0.15) is 23.2 Å². The van der Waals surface area contributed by atoms with Crippen LogP contribution in [0, 0.1) is 11.6 Å². The lowest BCUT2D eigenvalue weighted by molar-refractivity contribution is -0.139. The maximum atomic E-state index is 13.6. The first kappa shape index (κ1) is 16.9. The normalized spacial score (nSPS) is 12.0. The highest BCUT2D eigenvalue weighted by Gasteiger charge is 2.24. The van der Waals surface area contributed by atoms with Crippen LogP contribution in [0.1, 0.15) is 16.8 Å². The predicted octanol–water partition coefficient (Wildman–Crippen LogP) is 2.66. The number of amides is 1. The van der Waals surface area contributed by atoms with Gasteiger partial charge < -0.3 is 10.4 Å². The molecule has 1 rings (SSSR count). The zero-order valence-electron chi connectivity index (χ0n) is 10.5. The van der Waals surface area contributed by atoms with Gasteiger partial charge in [-0.15, -0.1) is 0 Å². The second-order valence-corrected chi connectivity index (χ2v) is 5.79. The molecule has 4 nitrogen and oxygen atoms in total. The largest absolute Gasteiger partial charge is 0.480 e. The minimum Gasteiger partial charge on any atom is -0.480 e. The molecule has 1 amide bonds. The zero-order valence-corrected chi connectivity index (χ0v) is 12.9. The van der Waals surface area contributed by atoms with Gasteiger partial charge in [-0.1, -0.05) is 15.9 Å². The topological polar surface area (TPSA) is 66.4 Å². The number of hydrogen-bond donors (Lipinski definition) is 2. The molecule has 8 heteroatoms. The molecular weight excluding hydrogens is 356 g/mol. The van der Waals surface area contributed by atoms with Crippen molar-refractivity contribution in [3.05, 3.63) is 33.8 Å². The van der Waals surface area contributed by atoms with Crippen LogP contribution < -0.4 is 5.32 Å². The second kappa shape index (κ2) is 7.58. The molecule has 0 spiro atoms. The summed E-state index contributed by atoms with van der Waals surface area (Å²) in [4.78, 5) is 22.8. The van der Waals surface area contributed by atoms with E-state index in [9.17, 15) is 18.4 Å². The molecule has 0 aliphatic rings. The van der Waals surface area contributed by atoms with E-state index in [1.807, 2.05) is 0 Å². The summed E-state index contributed by atoms with van der Waals surface area (Å²) in [5.74, 6) is -3.93. The number of carboxylic acid groups (broad SMARTS) is 1. The molecule has 0 aliphatic carbocycles. The van der Waals surface area contributed by atoms with Gasteiger partial charge in [-0.05, 0) is 30.6 Å². The molecule has 20 heavy (non-hydrogen) atoms. The highest BCUT2D eigenvalue weighted by Crippen LogP contribution is 2.19. The van der Waals surface area contributed by atoms with E-state index in [0.717, 1.165) is 12.1 Å². The van der Waals surface area contributed by atoms with Crippen molar-refractivity contribution in [1.29, 1.82) is 0 Å². The van der Waals surface area contributed by atoms with E-state index in [4.69, 9.17) is 5.11 Å². The van der Waals surface area contributed by atoms with E-state index >= 15 is 0 Å². The maximum Gasteiger partial charge on any atom is 0.326 e. The van der Waals surface area contributed by atoms with Gasteiger partial charge in [0.05, 0.1) is 0 Å². The first-order valence-electron chi connectivity index (χ1n) is 5.54. The van der Waals surface area contributed by atoms with Crippen molar-refractivity contribution < 1.29 is 23.5 Å². The molecule has 0 unspecified atom stereocenters. The summed E-state index contributed by atoms with van der Waals surface area (Å²) in [6.45, 7) is 0. The third-order valence-electron chi connectivity index (χ3n) is 2.45. The van der Waals surface area contributed by atoms with Crippen LogP contribution in [0.25, 0.3) is 0 Å². The van der Waals surface area contributed by atoms with E-state index < -0.39 is 35.1 Å². The quantitative estimate of drug-likeness (QED) is 0.810. The SMILES string of the molecule is CSCC[C@@H](NC(=O)c1c(F)cc(Br)cc1F)C(=O)O. The van der Waals surface area contributed by atoms with Gasteiger partial charge in [-0.2, -0.15) is 11.8 Å². The van der Waals surface area contributed by atoms with E-state index in [-0.39, 0.29) is 10.9 Å². The summed E-state index contributed by atoms with van der Waals surface area (Å²) in [7, 11) is 0. The Morgan fingerprint density at radius 3 is 2.40 bits per heavy atom. The molecule has 1 atom stereocenters. The Morgan fingerprint density at radius 2 is 1.95 bits per heavy atom. The average molecular weight is 368 g/mol. The number of hydrogen-bond acceptors (Lipinski definition) is 3. The summed E-state index contributed by atoms with van der Waals surface area (Å²) in [5, 5.41) is 11.1. The Labute approximate surface area is 127 Å². The number of carboxylic acids is 1. The molecule has 0 bridgehead atoms. The molecule has 1 aromatic rings. The van der Waals surface area contributed by atoms with Crippen LogP contribution in [-0.2, 0) is 4.79 Å². The summed E-state index contributed by atoms with van der Waals surface area (Å²) < 4.78 is 27.3. The van der Waals surface area contributed by atoms with Crippen LogP contribution in [0.4, 0.5) is 8.78 Å². The van der Waals surface area contributed by atoms with Gasteiger partial charge >= 0.3 is 5.97 Å². The van der Waals surface area contributed by atoms with Crippen molar-refractivity contribution in [2.24, 2.45) is 0 Å². The average Bonchev–Trinajstić information content (AvgIpc) is 2.32. The molecule has 0 fully saturated rings. The van der Waals surface area contributed by atoms with Crippen LogP contribution >= 0.6 is 27.7 Å². The summed E-state index contributed by atoms with van der Waals surface area (Å²) in [5.41, 5.74) is -0.788. The third kappa shape index (κ3) is 4.45. The second-order valence-electron chi connectivity index (χ2n) is 3.89. The van der Waals surface area contributed by atoms with Crippen LogP contribution in [0.5, 0.6) is 0 Å². The van der Waals surface area contributed by atoms with Gasteiger partial charge in [-0.3, -0.25) is 4.79 Å². The van der Waals surface area contributed by atoms with Crippen molar-refractivity contribution >= 4 is 39.6 Å². The number of rotatable bonds is 6. The smallest absolute Gasteiger partial charge is 0.326 e. The van der Waals surface area contributed by atoms with Gasteiger partial charge in [0, 0.05) is 4.47 Å². The van der Waals surface area contributed by atoms with Gasteiger partial charge in [0.2, 0.25) is 0 Å². The van der Waals surface area contributed by atoms with Gasteiger partial charge in [-0.25, -0.2) is 13.6 Å². The molecule has 0 saturated heterocycles. The standard InChI is InChI=1S/C12H12BrF2NO3S/c1-20-3-2-9(12(18)19)16-11(17)10-7(14)4-6(13)5-8(10)15/h4-5,9H,2-3H2,1H3,(H,16,17)(H,18,19)/t9-/m1/s1. The molecule has 110 valence electrons. The molecule has 0 radical (unpaired) electrons. The first-order valence-corrected chi connectivity index (χ1v) is 7.72. The molecule has 2 N–H and O–H groups in total. The van der Waals surface area contributed by atoms with E-state index in [2.05, 4.69) is 21.2 Å². The fraction of sp³-hybridized carbons (Fsp3) is 0.333. The van der Waals surface area contributed by atoms with Crippen LogP contribution in [0.2, 0.25) is 0 Å². The van der Waals surface area contributed by atoms with Crippen LogP contribution in [0.3, 0.4) is 0 Å². The van der Waals surface area contributed by atoms with Crippen molar-refractivity contribution in [3.63, 3.8) is 0 Å². The number of carbonyl (C=O) groups excluding carboxylic acids is 1. The Balaban J connectivity index is 2.92. The number of thioether (sulfide) groups is 1. The maximum absolute atomic E-state index is 13.6. The summed E-state index contributed by atoms with van der Waals surface area (Å²) >= 11 is 4.31. The highest BCUT2D eigenvalue weighted by molar-refractivity contribution is 9.10. The van der Waals surface area contributed by atoms with Crippen molar-refractivity contribution in [2.75, 3.05) is 12.0 Å². The lowest BCUT2D eigenvalue weighted by Crippen LogP contribution is -2.41. The van der Waals surface area contributed by atoms with Crippen molar-refractivity contribution in [2.45, 2.75) is 12.5 Å². The molecule has 1 aromatic carbocycles. The zero-order chi connectivity index (χ0) is 15.3. The number of benzene rings is 1. The van der Waals surface area contributed by atoms with Crippen molar-refractivity contribution in [3.8, 4) is 0 Å². The Morgan fingerprint density at radius 1 is 1.40 bits per heavy atom. The Hall–Kier alpha value is -1.15. The summed E-state index contributed by atoms with van der Waals surface area (Å²) in [6.07, 6.45) is 1.96. The lowest BCUT2D eigenvalue weighted by atomic mass is 10.1. The fourth-order valence-corrected chi connectivity index (χ4v) is 2.36. The van der Waals surface area contributed by atoms with Gasteiger partial charge in [0.15, 0.2) is 0 Å². The van der Waals surface area contributed by atoms with Crippen LogP contribution in [0.15, 0.2) is 16.6 Å². The van der Waals surface area contributed by atoms with E-state index in [1.54, 1.807) is 6.26 Å². The highest BCUT2D eigenvalue weighted by atomic mass is 79.9. The monoisotopic (exact) mass is 367 g/mol. The number of carbonyl (C=O) groups is 2. The minimum atomic E-state index is -1.25. The predicted molar refractivity (Wildman–Crippen MR) is 75.9 cm³/mol. The third-order valence-corrected chi connectivity index (χ3v) is 3.55. The lowest BCUT2D eigenvalue weighted by Gasteiger charge is -2.14. The molecule has 0 aromatic heterocycles. The Bertz CT molecular complexity index is 504. The molecular formula is C12H12BrF2NO3S. The molecule has 0 aliphatic heterocycles. The van der Waals surface area contributed by atoms with Crippen molar-refractivity contribution in [1.82, 2.24) is 5.32 Å². The molecule has 0 saturated carbocycles. The number of nitrogens with one attached hydrogen (secondary N) is 1. The van der Waals surface area contributed by atoms with Crippen LogP contribution in [-0.4, -0.2) is 35.0 Å². The number of halogens is 3. The molecule has 0 heterocycles. The summed E-state index contributed by atoms with van der Waals surface area (Å²) in [6, 6.07) is 0.697. The van der Waals surface area contributed by atoms with E-state index in [1.165, 1.54) is 11.8 Å². The van der Waals surface area contributed by atoms with E-state index in [0.29, 0.717) is 5.75 Å². The minimum absolute atomic E-state index is 0.154. The fourth-order valence-electron chi connectivity index (χ4n) is 1.48.